The smallest absolute Gasteiger partial charge is 0.255 e. The lowest BCUT2D eigenvalue weighted by molar-refractivity contribution is -0.130. The Bertz CT molecular complexity index is 292. The number of ether oxygens (including phenoxy) is 1. The molecule has 0 aliphatic carbocycles. The van der Waals surface area contributed by atoms with Gasteiger partial charge in [0.2, 0.25) is 5.95 Å². The van der Waals surface area contributed by atoms with E-state index in [1.54, 1.807) is 0 Å². The third kappa shape index (κ3) is 2.08. The fourth-order valence-electron chi connectivity index (χ4n) is 1.41. The third-order valence-corrected chi connectivity index (χ3v) is 2.13. The van der Waals surface area contributed by atoms with Gasteiger partial charge in [-0.1, -0.05) is 0 Å². The van der Waals surface area contributed by atoms with Crippen molar-refractivity contribution in [2.75, 3.05) is 11.9 Å². The van der Waals surface area contributed by atoms with Crippen LogP contribution < -0.4 is 5.32 Å². The van der Waals surface area contributed by atoms with Crippen LogP contribution in [0.3, 0.4) is 0 Å². The summed E-state index contributed by atoms with van der Waals surface area (Å²) in [4.78, 5) is 15.3. The Morgan fingerprint density at radius 1 is 1.64 bits per heavy atom. The molecule has 1 aliphatic rings. The number of hydrogen-bond acceptors (Lipinski definition) is 4. The van der Waals surface area contributed by atoms with E-state index < -0.39 is 0 Å². The Hall–Kier alpha value is -1.43. The van der Waals surface area contributed by atoms with E-state index in [9.17, 15) is 4.79 Å². The third-order valence-electron chi connectivity index (χ3n) is 2.13. The molecule has 0 radical (unpaired) electrons. The molecule has 1 atom stereocenters. The fraction of sp³-hybridized carbons (Fsp3) is 0.625. The quantitative estimate of drug-likeness (QED) is 0.713. The van der Waals surface area contributed by atoms with Crippen LogP contribution in [0.15, 0.2) is 6.33 Å². The van der Waals surface area contributed by atoms with Crippen LogP contribution in [0.2, 0.25) is 0 Å². The molecule has 2 rings (SSSR count). The van der Waals surface area contributed by atoms with E-state index in [2.05, 4.69) is 20.5 Å². The molecule has 6 nitrogen and oxygen atoms in total. The van der Waals surface area contributed by atoms with Crippen molar-refractivity contribution in [3.05, 3.63) is 6.33 Å². The Morgan fingerprint density at radius 2 is 2.57 bits per heavy atom. The molecule has 6 heteroatoms. The molecule has 1 fully saturated rings. The van der Waals surface area contributed by atoms with Gasteiger partial charge in [-0.15, -0.1) is 0 Å². The van der Waals surface area contributed by atoms with Crippen LogP contribution in [0, 0.1) is 0 Å². The molecular formula is C8H12N4O2. The normalized spacial score (nSPS) is 21.9. The van der Waals surface area contributed by atoms with E-state index in [1.165, 1.54) is 6.33 Å². The number of anilines is 1. The lowest BCUT2D eigenvalue weighted by Gasteiger charge is -2.20. The van der Waals surface area contributed by atoms with Crippen molar-refractivity contribution >= 4 is 11.9 Å². The van der Waals surface area contributed by atoms with Crippen LogP contribution in [0.4, 0.5) is 5.95 Å². The average molecular weight is 196 g/mol. The zero-order chi connectivity index (χ0) is 9.80. The number of amides is 1. The molecule has 1 aliphatic heterocycles. The Labute approximate surface area is 81.1 Å². The molecule has 2 heterocycles. The molecule has 1 amide bonds. The molecule has 1 aromatic rings. The van der Waals surface area contributed by atoms with Gasteiger partial charge in [0.25, 0.3) is 5.91 Å². The number of aromatic nitrogens is 3. The summed E-state index contributed by atoms with van der Waals surface area (Å²) in [6.07, 6.45) is 3.85. The monoisotopic (exact) mass is 196 g/mol. The van der Waals surface area contributed by atoms with Crippen LogP contribution in [-0.4, -0.2) is 33.8 Å². The topological polar surface area (TPSA) is 79.9 Å². The van der Waals surface area contributed by atoms with E-state index in [-0.39, 0.29) is 12.0 Å². The molecule has 2 N–H and O–H groups in total. The van der Waals surface area contributed by atoms with Crippen LogP contribution >= 0.6 is 0 Å². The minimum atomic E-state index is -0.339. The highest BCUT2D eigenvalue weighted by Gasteiger charge is 2.22. The molecule has 14 heavy (non-hydrogen) atoms. The minimum absolute atomic E-state index is 0.151. The van der Waals surface area contributed by atoms with Crippen LogP contribution in [0.1, 0.15) is 19.3 Å². The first kappa shape index (κ1) is 9.14. The Balaban J connectivity index is 1.88. The second-order valence-electron chi connectivity index (χ2n) is 3.18. The van der Waals surface area contributed by atoms with Crippen LogP contribution in [0.25, 0.3) is 0 Å². The SMILES string of the molecule is O=C(Nc1ncn[nH]1)C1CCCCO1. The summed E-state index contributed by atoms with van der Waals surface area (Å²) in [6, 6.07) is 0. The average Bonchev–Trinajstić information content (AvgIpc) is 2.72. The number of H-pyrrole nitrogens is 1. The predicted octanol–water partition coefficient (Wildman–Crippen LogP) is 0.312. The van der Waals surface area contributed by atoms with E-state index >= 15 is 0 Å². The maximum Gasteiger partial charge on any atom is 0.255 e. The summed E-state index contributed by atoms with van der Waals surface area (Å²) < 4.78 is 5.31. The van der Waals surface area contributed by atoms with E-state index in [0.29, 0.717) is 12.6 Å². The molecule has 0 aromatic carbocycles. The van der Waals surface area contributed by atoms with Gasteiger partial charge in [-0.3, -0.25) is 10.1 Å². The van der Waals surface area contributed by atoms with Crippen LogP contribution in [-0.2, 0) is 9.53 Å². The van der Waals surface area contributed by atoms with Gasteiger partial charge in [0, 0.05) is 6.61 Å². The first-order valence-electron chi connectivity index (χ1n) is 4.64. The summed E-state index contributed by atoms with van der Waals surface area (Å²) >= 11 is 0. The van der Waals surface area contributed by atoms with Crippen molar-refractivity contribution in [3.8, 4) is 0 Å². The second-order valence-corrected chi connectivity index (χ2v) is 3.18. The highest BCUT2D eigenvalue weighted by molar-refractivity contribution is 5.92. The van der Waals surface area contributed by atoms with Gasteiger partial charge in [-0.2, -0.15) is 10.1 Å². The predicted molar refractivity (Wildman–Crippen MR) is 48.6 cm³/mol. The maximum atomic E-state index is 11.5. The first-order chi connectivity index (χ1) is 6.86. The molecule has 0 bridgehead atoms. The van der Waals surface area contributed by atoms with Gasteiger partial charge in [0.1, 0.15) is 12.4 Å². The summed E-state index contributed by atoms with van der Waals surface area (Å²) in [5.74, 6) is 0.214. The lowest BCUT2D eigenvalue weighted by atomic mass is 10.1. The summed E-state index contributed by atoms with van der Waals surface area (Å²) in [6.45, 7) is 0.661. The largest absolute Gasteiger partial charge is 0.368 e. The highest BCUT2D eigenvalue weighted by Crippen LogP contribution is 2.13. The molecule has 1 aromatic heterocycles. The van der Waals surface area contributed by atoms with Crippen LogP contribution in [0.5, 0.6) is 0 Å². The summed E-state index contributed by atoms with van der Waals surface area (Å²) in [5, 5.41) is 8.79. The molecule has 0 saturated carbocycles. The number of carbonyl (C=O) groups is 1. The zero-order valence-corrected chi connectivity index (χ0v) is 7.69. The molecule has 1 unspecified atom stereocenters. The van der Waals surface area contributed by atoms with Gasteiger partial charge in [-0.25, -0.2) is 5.10 Å². The van der Waals surface area contributed by atoms with Gasteiger partial charge >= 0.3 is 0 Å². The minimum Gasteiger partial charge on any atom is -0.368 e. The molecule has 0 spiro atoms. The number of hydrogen-bond donors (Lipinski definition) is 2. The lowest BCUT2D eigenvalue weighted by Crippen LogP contribution is -2.33. The highest BCUT2D eigenvalue weighted by atomic mass is 16.5. The first-order valence-corrected chi connectivity index (χ1v) is 4.64. The van der Waals surface area contributed by atoms with Gasteiger partial charge in [0.05, 0.1) is 0 Å². The molecular weight excluding hydrogens is 184 g/mol. The van der Waals surface area contributed by atoms with Crippen molar-refractivity contribution in [3.63, 3.8) is 0 Å². The van der Waals surface area contributed by atoms with E-state index in [0.717, 1.165) is 19.3 Å². The van der Waals surface area contributed by atoms with Crippen molar-refractivity contribution in [2.24, 2.45) is 0 Å². The number of nitrogens with one attached hydrogen (secondary N) is 2. The fourth-order valence-corrected chi connectivity index (χ4v) is 1.41. The molecule has 76 valence electrons. The van der Waals surface area contributed by atoms with Gasteiger partial charge < -0.3 is 4.74 Å². The number of nitrogens with zero attached hydrogens (tertiary/aromatic N) is 2. The number of rotatable bonds is 2. The second kappa shape index (κ2) is 4.19. The Kier molecular flexibility index (Phi) is 2.73. The summed E-state index contributed by atoms with van der Waals surface area (Å²) in [7, 11) is 0. The maximum absolute atomic E-state index is 11.5. The summed E-state index contributed by atoms with van der Waals surface area (Å²) in [5.41, 5.74) is 0. The van der Waals surface area contributed by atoms with Gasteiger partial charge in [0.15, 0.2) is 0 Å². The van der Waals surface area contributed by atoms with Crippen molar-refractivity contribution in [2.45, 2.75) is 25.4 Å². The Morgan fingerprint density at radius 3 is 3.21 bits per heavy atom. The van der Waals surface area contributed by atoms with E-state index in [1.807, 2.05) is 0 Å². The van der Waals surface area contributed by atoms with Gasteiger partial charge in [-0.05, 0) is 19.3 Å². The van der Waals surface area contributed by atoms with Crippen molar-refractivity contribution in [1.29, 1.82) is 0 Å². The zero-order valence-electron chi connectivity index (χ0n) is 7.69. The standard InChI is InChI=1S/C8H12N4O2/c13-7(6-3-1-2-4-14-6)11-8-9-5-10-12-8/h5-6H,1-4H2,(H2,9,10,11,12,13). The molecule has 1 saturated heterocycles. The number of carbonyl (C=O) groups excluding carboxylic acids is 1. The van der Waals surface area contributed by atoms with Crippen molar-refractivity contribution < 1.29 is 9.53 Å². The number of aromatic amines is 1. The van der Waals surface area contributed by atoms with Crippen molar-refractivity contribution in [1.82, 2.24) is 15.2 Å². The van der Waals surface area contributed by atoms with E-state index in [4.69, 9.17) is 4.74 Å².